The van der Waals surface area contributed by atoms with Crippen LogP contribution in [0, 0.1) is 18.3 Å². The Hall–Kier alpha value is -7.13. The lowest BCUT2D eigenvalue weighted by atomic mass is 9.94. The average Bonchev–Trinajstić information content (AvgIpc) is 3.89. The van der Waals surface area contributed by atoms with Crippen molar-refractivity contribution in [2.75, 3.05) is 42.1 Å². The van der Waals surface area contributed by atoms with Crippen molar-refractivity contribution >= 4 is 56.6 Å². The van der Waals surface area contributed by atoms with Crippen molar-refractivity contribution in [1.29, 1.82) is 5.26 Å². The summed E-state index contributed by atoms with van der Waals surface area (Å²) in [6.45, 7) is 5.29. The van der Waals surface area contributed by atoms with Crippen LogP contribution in [0.15, 0.2) is 90.1 Å². The predicted octanol–water partition coefficient (Wildman–Crippen LogP) is 7.07. The number of fused-ring (bicyclic) bond motifs is 2. The van der Waals surface area contributed by atoms with Crippen molar-refractivity contribution in [3.63, 3.8) is 0 Å². The number of halogens is 1. The van der Waals surface area contributed by atoms with Gasteiger partial charge in [-0.2, -0.15) is 24.5 Å². The molecule has 6 aromatic heterocycles. The molecule has 18 heteroatoms. The Kier molecular flexibility index (Phi) is 11.3. The van der Waals surface area contributed by atoms with Gasteiger partial charge in [0.05, 0.1) is 45.6 Å². The van der Waals surface area contributed by atoms with Crippen molar-refractivity contribution in [3.05, 3.63) is 124 Å². The zero-order chi connectivity index (χ0) is 42.7. The number of piperidine rings is 2. The standard InChI is InChI=1S/C44H44BrN15O2/c1-27-19-52-59-39(16-37(55-41(27)59)30-6-3-13-57(25-30)43(47)61)51-23-29-8-11-36(49-21-29)34-10-9-33(15-32(34)18-46)54-44(62)58-14-4-7-31(26-58)38-17-40(50-22-28-5-2-12-48-20-28)60-42(56-38)35(45)24-53-60/h2,5,8-12,15-17,19-21,24,30-31,50-51H,3-4,6-7,13-14,22-23,25-26H2,1H3,(H2,47,61)(H,54,62). The van der Waals surface area contributed by atoms with Gasteiger partial charge < -0.3 is 31.5 Å². The average molecular weight is 895 g/mol. The zero-order valence-corrected chi connectivity index (χ0v) is 35.6. The molecule has 2 aliphatic heterocycles. The van der Waals surface area contributed by atoms with E-state index in [-0.39, 0.29) is 17.9 Å². The maximum Gasteiger partial charge on any atom is 0.321 e. The molecule has 314 valence electrons. The number of rotatable bonds is 10. The molecule has 0 radical (unpaired) electrons. The van der Waals surface area contributed by atoms with Crippen LogP contribution in [-0.4, -0.2) is 87.2 Å². The van der Waals surface area contributed by atoms with Gasteiger partial charge >= 0.3 is 12.1 Å². The third-order valence-corrected chi connectivity index (χ3v) is 12.1. The molecular weight excluding hydrogens is 850 g/mol. The fourth-order valence-corrected chi connectivity index (χ4v) is 8.60. The van der Waals surface area contributed by atoms with Gasteiger partial charge in [-0.25, -0.2) is 19.6 Å². The molecule has 0 spiro atoms. The number of primary amides is 1. The van der Waals surface area contributed by atoms with Crippen LogP contribution in [-0.2, 0) is 13.1 Å². The molecule has 8 heterocycles. The summed E-state index contributed by atoms with van der Waals surface area (Å²) >= 11 is 3.60. The summed E-state index contributed by atoms with van der Waals surface area (Å²) in [7, 11) is 0. The number of hydrogen-bond donors (Lipinski definition) is 4. The smallest absolute Gasteiger partial charge is 0.321 e. The summed E-state index contributed by atoms with van der Waals surface area (Å²) in [6.07, 6.45) is 12.3. The fourth-order valence-electron chi connectivity index (χ4n) is 8.25. The molecule has 0 bridgehead atoms. The first-order valence-electron chi connectivity index (χ1n) is 20.6. The summed E-state index contributed by atoms with van der Waals surface area (Å²) in [4.78, 5) is 47.9. The minimum atomic E-state index is -0.411. The Balaban J connectivity index is 0.853. The van der Waals surface area contributed by atoms with Crippen molar-refractivity contribution in [2.24, 2.45) is 5.73 Å². The topological polar surface area (TPSA) is 213 Å². The van der Waals surface area contributed by atoms with E-state index in [9.17, 15) is 14.9 Å². The molecule has 2 fully saturated rings. The Bertz CT molecular complexity index is 2820. The minimum Gasteiger partial charge on any atom is -0.366 e. The normalized spacial score (nSPS) is 16.6. The number of aromatic nitrogens is 8. The number of carbonyl (C=O) groups is 2. The number of hydrogen-bond acceptors (Lipinski definition) is 11. The van der Waals surface area contributed by atoms with Crippen LogP contribution in [0.25, 0.3) is 22.6 Å². The number of likely N-dealkylation sites (tertiary alicyclic amines) is 2. The number of amides is 4. The highest BCUT2D eigenvalue weighted by Gasteiger charge is 2.28. The molecule has 5 N–H and O–H groups in total. The van der Waals surface area contributed by atoms with Crippen molar-refractivity contribution in [2.45, 2.75) is 57.5 Å². The first-order chi connectivity index (χ1) is 30.2. The van der Waals surface area contributed by atoms with Gasteiger partial charge in [-0.15, -0.1) is 0 Å². The third-order valence-electron chi connectivity index (χ3n) is 11.6. The van der Waals surface area contributed by atoms with Crippen LogP contribution in [0.3, 0.4) is 0 Å². The molecule has 1 aromatic carbocycles. The van der Waals surface area contributed by atoms with Gasteiger partial charge in [0, 0.05) is 98.6 Å². The van der Waals surface area contributed by atoms with Crippen LogP contribution in [0.1, 0.15) is 71.2 Å². The van der Waals surface area contributed by atoms with E-state index in [0.29, 0.717) is 67.4 Å². The van der Waals surface area contributed by atoms with Crippen LogP contribution < -0.4 is 21.7 Å². The van der Waals surface area contributed by atoms with Crippen LogP contribution in [0.4, 0.5) is 26.9 Å². The number of benzene rings is 1. The lowest BCUT2D eigenvalue weighted by Crippen LogP contribution is -2.42. The Morgan fingerprint density at radius 3 is 2.19 bits per heavy atom. The molecule has 7 aromatic rings. The molecule has 0 aliphatic carbocycles. The molecular formula is C44H44BrN15O2. The summed E-state index contributed by atoms with van der Waals surface area (Å²) in [5.41, 5.74) is 14.0. The molecule has 17 nitrogen and oxygen atoms in total. The summed E-state index contributed by atoms with van der Waals surface area (Å²) < 4.78 is 4.34. The van der Waals surface area contributed by atoms with E-state index in [4.69, 9.17) is 20.7 Å². The number of urea groups is 2. The van der Waals surface area contributed by atoms with Gasteiger partial charge in [0.15, 0.2) is 11.3 Å². The number of nitrogens with zero attached hydrogens (tertiary/aromatic N) is 11. The molecule has 2 aliphatic rings. The number of nitriles is 1. The van der Waals surface area contributed by atoms with E-state index in [1.165, 1.54) is 0 Å². The zero-order valence-electron chi connectivity index (χ0n) is 34.0. The molecule has 62 heavy (non-hydrogen) atoms. The lowest BCUT2D eigenvalue weighted by Gasteiger charge is -2.32. The second-order valence-corrected chi connectivity index (χ2v) is 16.6. The Morgan fingerprint density at radius 1 is 0.839 bits per heavy atom. The molecule has 4 amide bonds. The quantitative estimate of drug-likeness (QED) is 0.109. The second-order valence-electron chi connectivity index (χ2n) is 15.8. The first-order valence-corrected chi connectivity index (χ1v) is 21.4. The number of aryl methyl sites for hydroxylation is 1. The molecule has 2 unspecified atom stereocenters. The summed E-state index contributed by atoms with van der Waals surface area (Å²) in [6, 6.07) is 18.7. The predicted molar refractivity (Wildman–Crippen MR) is 237 cm³/mol. The van der Waals surface area contributed by atoms with E-state index in [0.717, 1.165) is 75.5 Å². The lowest BCUT2D eigenvalue weighted by molar-refractivity contribution is 0.188. The van der Waals surface area contributed by atoms with Gasteiger partial charge in [-0.3, -0.25) is 9.97 Å². The van der Waals surface area contributed by atoms with Crippen LogP contribution in [0.2, 0.25) is 0 Å². The Morgan fingerprint density at radius 2 is 1.52 bits per heavy atom. The summed E-state index contributed by atoms with van der Waals surface area (Å²) in [5.74, 6) is 1.66. The number of pyridine rings is 2. The van der Waals surface area contributed by atoms with E-state index in [2.05, 4.69) is 53.1 Å². The van der Waals surface area contributed by atoms with Gasteiger partial charge in [0.25, 0.3) is 0 Å². The molecule has 9 rings (SSSR count). The SMILES string of the molecule is Cc1cnn2c(NCc3ccc(-c4ccc(NC(=O)N5CCCC(c6cc(NCc7cccnc7)n7ncc(Br)c7n6)C5)cc4C#N)nc3)cc(C3CCCN(C(N)=O)C3)nc12. The number of nitrogens with two attached hydrogens (primary N) is 1. The highest BCUT2D eigenvalue weighted by atomic mass is 79.9. The summed E-state index contributed by atoms with van der Waals surface area (Å²) in [5, 5.41) is 29.3. The first kappa shape index (κ1) is 40.3. The van der Waals surface area contributed by atoms with Crippen LogP contribution in [0.5, 0.6) is 0 Å². The second kappa shape index (κ2) is 17.5. The van der Waals surface area contributed by atoms with E-state index in [1.807, 2.05) is 55.6 Å². The minimum absolute atomic E-state index is 0.0111. The van der Waals surface area contributed by atoms with E-state index in [1.54, 1.807) is 55.8 Å². The molecule has 2 saturated heterocycles. The maximum atomic E-state index is 13.7. The van der Waals surface area contributed by atoms with Crippen LogP contribution >= 0.6 is 15.9 Å². The highest BCUT2D eigenvalue weighted by Crippen LogP contribution is 2.32. The van der Waals surface area contributed by atoms with Gasteiger partial charge in [0.2, 0.25) is 0 Å². The highest BCUT2D eigenvalue weighted by molar-refractivity contribution is 9.10. The van der Waals surface area contributed by atoms with E-state index >= 15 is 0 Å². The Labute approximate surface area is 365 Å². The van der Waals surface area contributed by atoms with Gasteiger partial charge in [0.1, 0.15) is 11.6 Å². The number of carbonyl (C=O) groups excluding carboxylic acids is 2. The third kappa shape index (κ3) is 8.43. The largest absolute Gasteiger partial charge is 0.366 e. The molecule has 0 saturated carbocycles. The number of anilines is 3. The van der Waals surface area contributed by atoms with Crippen molar-refractivity contribution in [1.82, 2.24) is 49.0 Å². The monoisotopic (exact) mass is 893 g/mol. The van der Waals surface area contributed by atoms with Crippen molar-refractivity contribution in [3.8, 4) is 17.3 Å². The van der Waals surface area contributed by atoms with Gasteiger partial charge in [-0.1, -0.05) is 12.1 Å². The fraction of sp³-hybridized carbons (Fsp3) is 0.295. The number of nitrogens with one attached hydrogen (secondary N) is 3. The maximum absolute atomic E-state index is 13.7. The molecule has 2 atom stereocenters. The van der Waals surface area contributed by atoms with Crippen molar-refractivity contribution < 1.29 is 9.59 Å². The van der Waals surface area contributed by atoms with E-state index < -0.39 is 6.03 Å². The van der Waals surface area contributed by atoms with Gasteiger partial charge in [-0.05, 0) is 90.0 Å².